The summed E-state index contributed by atoms with van der Waals surface area (Å²) in [4.78, 5) is 24.9. The Hall–Kier alpha value is -2.10. The van der Waals surface area contributed by atoms with E-state index in [-0.39, 0.29) is 40.7 Å². The number of hydrogen-bond donors (Lipinski definition) is 0. The molecular formula is C24H32O4. The van der Waals surface area contributed by atoms with E-state index < -0.39 is 5.60 Å². The Balaban J connectivity index is 1.66. The van der Waals surface area contributed by atoms with Gasteiger partial charge in [-0.05, 0) is 55.1 Å². The van der Waals surface area contributed by atoms with Gasteiger partial charge in [0.25, 0.3) is 0 Å². The molecule has 2 aliphatic carbocycles. The molecule has 1 aromatic carbocycles. The first-order chi connectivity index (χ1) is 12.8. The molecule has 152 valence electrons. The minimum absolute atomic E-state index is 0.00335. The predicted octanol–water partition coefficient (Wildman–Crippen LogP) is 5.12. The highest BCUT2D eigenvalue weighted by Gasteiger charge is 2.62. The van der Waals surface area contributed by atoms with Gasteiger partial charge in [-0.1, -0.05) is 58.0 Å². The van der Waals surface area contributed by atoms with E-state index in [1.807, 2.05) is 46.8 Å². The number of ether oxygens (including phenoxy) is 2. The third-order valence-electron chi connectivity index (χ3n) is 6.00. The molecular weight excluding hydrogens is 352 g/mol. The summed E-state index contributed by atoms with van der Waals surface area (Å²) < 4.78 is 11.3. The van der Waals surface area contributed by atoms with Gasteiger partial charge in [0.1, 0.15) is 11.7 Å². The first kappa shape index (κ1) is 20.6. The molecule has 1 aromatic rings. The predicted molar refractivity (Wildman–Crippen MR) is 109 cm³/mol. The molecule has 28 heavy (non-hydrogen) atoms. The zero-order chi connectivity index (χ0) is 20.9. The van der Waals surface area contributed by atoms with Crippen LogP contribution in [0.5, 0.6) is 0 Å². The number of hydrogen-bond acceptors (Lipinski definition) is 4. The van der Waals surface area contributed by atoms with Gasteiger partial charge in [0.15, 0.2) is 0 Å². The number of benzene rings is 1. The summed E-state index contributed by atoms with van der Waals surface area (Å²) in [5.74, 6) is -0.811. The molecule has 0 saturated heterocycles. The van der Waals surface area contributed by atoms with Gasteiger partial charge >= 0.3 is 11.9 Å². The Morgan fingerprint density at radius 3 is 2.39 bits per heavy atom. The van der Waals surface area contributed by atoms with Crippen LogP contribution in [0, 0.1) is 17.3 Å². The average Bonchev–Trinajstić information content (AvgIpc) is 3.00. The van der Waals surface area contributed by atoms with Crippen LogP contribution in [-0.4, -0.2) is 17.5 Å². The second kappa shape index (κ2) is 6.75. The summed E-state index contributed by atoms with van der Waals surface area (Å²) in [5, 5.41) is 0. The molecule has 0 amide bonds. The second-order valence-electron chi connectivity index (χ2n) is 10.3. The van der Waals surface area contributed by atoms with Gasteiger partial charge in [0, 0.05) is 6.08 Å². The van der Waals surface area contributed by atoms with E-state index in [0.717, 1.165) is 12.0 Å². The highest BCUT2D eigenvalue weighted by molar-refractivity contribution is 5.83. The first-order valence-electron chi connectivity index (χ1n) is 10.0. The molecule has 0 heterocycles. The highest BCUT2D eigenvalue weighted by atomic mass is 16.6. The molecule has 0 aromatic heterocycles. The lowest BCUT2D eigenvalue weighted by molar-refractivity contribution is -0.152. The Bertz CT molecular complexity index is 810. The second-order valence-corrected chi connectivity index (χ2v) is 10.3. The van der Waals surface area contributed by atoms with Crippen molar-refractivity contribution in [3.63, 3.8) is 0 Å². The lowest BCUT2D eigenvalue weighted by Gasteiger charge is -2.19. The van der Waals surface area contributed by atoms with Crippen molar-refractivity contribution >= 4 is 11.9 Å². The van der Waals surface area contributed by atoms with Crippen LogP contribution in [0.3, 0.4) is 0 Å². The highest BCUT2D eigenvalue weighted by Crippen LogP contribution is 2.60. The molecule has 0 aliphatic heterocycles. The van der Waals surface area contributed by atoms with Crippen molar-refractivity contribution in [1.82, 2.24) is 0 Å². The summed E-state index contributed by atoms with van der Waals surface area (Å²) in [5.41, 5.74) is 1.62. The molecule has 4 heteroatoms. The molecule has 4 nitrogen and oxygen atoms in total. The number of allylic oxidation sites excluding steroid dienone is 1. The number of carbonyl (C=O) groups excluding carboxylic acids is 2. The van der Waals surface area contributed by atoms with Crippen LogP contribution in [-0.2, 0) is 24.5 Å². The van der Waals surface area contributed by atoms with E-state index in [0.29, 0.717) is 0 Å². The Morgan fingerprint density at radius 2 is 1.75 bits per heavy atom. The molecule has 3 atom stereocenters. The topological polar surface area (TPSA) is 52.6 Å². The van der Waals surface area contributed by atoms with Gasteiger partial charge in [-0.3, -0.25) is 4.79 Å². The van der Waals surface area contributed by atoms with E-state index in [2.05, 4.69) is 26.0 Å². The van der Waals surface area contributed by atoms with Gasteiger partial charge in [0.05, 0.1) is 5.92 Å². The maximum absolute atomic E-state index is 12.9. The van der Waals surface area contributed by atoms with E-state index >= 15 is 0 Å². The molecule has 1 fully saturated rings. The minimum Gasteiger partial charge on any atom is -0.457 e. The van der Waals surface area contributed by atoms with Crippen LogP contribution >= 0.6 is 0 Å². The van der Waals surface area contributed by atoms with Crippen molar-refractivity contribution in [2.45, 2.75) is 72.0 Å². The molecule has 1 saturated carbocycles. The van der Waals surface area contributed by atoms with Gasteiger partial charge in [0.2, 0.25) is 0 Å². The number of rotatable bonds is 4. The summed E-state index contributed by atoms with van der Waals surface area (Å²) in [7, 11) is 0. The number of fused-ring (bicyclic) bond motifs is 1. The van der Waals surface area contributed by atoms with E-state index in [4.69, 9.17) is 9.47 Å². The van der Waals surface area contributed by atoms with Crippen molar-refractivity contribution in [3.8, 4) is 0 Å². The Kier molecular flexibility index (Phi) is 4.97. The third-order valence-corrected chi connectivity index (χ3v) is 6.00. The smallest absolute Gasteiger partial charge is 0.330 e. The Labute approximate surface area is 168 Å². The summed E-state index contributed by atoms with van der Waals surface area (Å²) in [6.07, 6.45) is 3.83. The molecule has 0 bridgehead atoms. The fourth-order valence-corrected chi connectivity index (χ4v) is 4.40. The summed E-state index contributed by atoms with van der Waals surface area (Å²) in [6.45, 7) is 14.0. The van der Waals surface area contributed by atoms with E-state index in [1.165, 1.54) is 11.6 Å². The maximum Gasteiger partial charge on any atom is 0.330 e. The normalized spacial score (nSPS) is 27.3. The van der Waals surface area contributed by atoms with Crippen molar-refractivity contribution < 1.29 is 19.1 Å². The monoisotopic (exact) mass is 384 g/mol. The van der Waals surface area contributed by atoms with Crippen molar-refractivity contribution in [2.75, 3.05) is 0 Å². The minimum atomic E-state index is -0.526. The number of esters is 2. The lowest BCUT2D eigenvalue weighted by atomic mass is 9.87. The van der Waals surface area contributed by atoms with Gasteiger partial charge in [-0.15, -0.1) is 0 Å². The molecule has 0 radical (unpaired) electrons. The van der Waals surface area contributed by atoms with Crippen LogP contribution in [0.25, 0.3) is 0 Å². The van der Waals surface area contributed by atoms with Gasteiger partial charge < -0.3 is 9.47 Å². The van der Waals surface area contributed by atoms with Crippen LogP contribution in [0.2, 0.25) is 0 Å². The molecule has 0 spiro atoms. The van der Waals surface area contributed by atoms with E-state index in [9.17, 15) is 9.59 Å². The number of carbonyl (C=O) groups is 2. The van der Waals surface area contributed by atoms with Gasteiger partial charge in [-0.25, -0.2) is 4.79 Å². The molecule has 1 unspecified atom stereocenters. The average molecular weight is 385 g/mol. The summed E-state index contributed by atoms with van der Waals surface area (Å²) >= 11 is 0. The van der Waals surface area contributed by atoms with Crippen LogP contribution in [0.1, 0.15) is 72.1 Å². The summed E-state index contributed by atoms with van der Waals surface area (Å²) in [6, 6.07) is 8.21. The van der Waals surface area contributed by atoms with Crippen molar-refractivity contribution in [3.05, 3.63) is 47.5 Å². The maximum atomic E-state index is 12.9. The zero-order valence-electron chi connectivity index (χ0n) is 18.0. The van der Waals surface area contributed by atoms with E-state index in [1.54, 1.807) is 6.08 Å². The SMILES string of the molecule is CC(C)(C)OC(=O)C=C[C@@H]1[C@H](C(=O)OC2CC(C)(C)c3ccccc32)C1(C)C. The van der Waals surface area contributed by atoms with Crippen LogP contribution < -0.4 is 0 Å². The van der Waals surface area contributed by atoms with Crippen LogP contribution in [0.4, 0.5) is 0 Å². The van der Waals surface area contributed by atoms with Crippen LogP contribution in [0.15, 0.2) is 36.4 Å². The van der Waals surface area contributed by atoms with Gasteiger partial charge in [-0.2, -0.15) is 0 Å². The fourth-order valence-electron chi connectivity index (χ4n) is 4.40. The quantitative estimate of drug-likeness (QED) is 0.534. The Morgan fingerprint density at radius 1 is 1.11 bits per heavy atom. The molecule has 2 aliphatic rings. The lowest BCUT2D eigenvalue weighted by Crippen LogP contribution is -2.22. The zero-order valence-corrected chi connectivity index (χ0v) is 18.0. The first-order valence-corrected chi connectivity index (χ1v) is 10.0. The third kappa shape index (κ3) is 4.01. The standard InChI is InChI=1S/C24H32O4/c1-22(2,3)28-19(25)13-12-17-20(24(17,6)7)21(26)27-18-14-23(4,5)16-11-9-8-10-15(16)18/h8-13,17-18,20H,14H2,1-7H3/t17-,18?,20-/m1/s1. The largest absolute Gasteiger partial charge is 0.457 e. The molecule has 0 N–H and O–H groups in total. The fraction of sp³-hybridized carbons (Fsp3) is 0.583. The molecule has 3 rings (SSSR count). The van der Waals surface area contributed by atoms with Crippen molar-refractivity contribution in [2.24, 2.45) is 17.3 Å². The van der Waals surface area contributed by atoms with Crippen molar-refractivity contribution in [1.29, 1.82) is 0 Å².